The van der Waals surface area contributed by atoms with E-state index in [0.717, 1.165) is 11.3 Å². The first-order chi connectivity index (χ1) is 8.91. The smallest absolute Gasteiger partial charge is 0.265 e. The van der Waals surface area contributed by atoms with Gasteiger partial charge in [-0.1, -0.05) is 6.07 Å². The highest BCUT2D eigenvalue weighted by molar-refractivity contribution is 5.97. The number of anilines is 1. The Morgan fingerprint density at radius 2 is 2.21 bits per heavy atom. The molecule has 5 heteroatoms. The van der Waals surface area contributed by atoms with Crippen LogP contribution in [0.4, 0.5) is 5.69 Å². The molecule has 1 aromatic rings. The average Bonchev–Trinajstić information content (AvgIpc) is 2.38. The van der Waals surface area contributed by atoms with Crippen LogP contribution < -0.4 is 21.1 Å². The molecule has 1 atom stereocenters. The fourth-order valence-corrected chi connectivity index (χ4v) is 1.78. The van der Waals surface area contributed by atoms with Gasteiger partial charge in [-0.2, -0.15) is 0 Å². The van der Waals surface area contributed by atoms with Crippen LogP contribution in [0.15, 0.2) is 18.2 Å². The van der Waals surface area contributed by atoms with Crippen molar-refractivity contribution in [3.8, 4) is 5.75 Å². The van der Waals surface area contributed by atoms with Gasteiger partial charge in [-0.15, -0.1) is 0 Å². The Kier molecular flexibility index (Phi) is 3.78. The first-order valence-corrected chi connectivity index (χ1v) is 6.47. The Hall–Kier alpha value is -1.59. The zero-order valence-electron chi connectivity index (χ0n) is 11.6. The highest BCUT2D eigenvalue weighted by Crippen LogP contribution is 2.30. The van der Waals surface area contributed by atoms with Crippen molar-refractivity contribution < 1.29 is 9.53 Å². The van der Waals surface area contributed by atoms with Crippen LogP contribution in [0.2, 0.25) is 0 Å². The third kappa shape index (κ3) is 3.24. The van der Waals surface area contributed by atoms with Gasteiger partial charge in [-0.05, 0) is 38.5 Å². The fraction of sp³-hybridized carbons (Fsp3) is 0.500. The van der Waals surface area contributed by atoms with E-state index in [-0.39, 0.29) is 11.4 Å². The summed E-state index contributed by atoms with van der Waals surface area (Å²) < 4.78 is 5.51. The lowest BCUT2D eigenvalue weighted by molar-refractivity contribution is -0.122. The largest absolute Gasteiger partial charge is 0.479 e. The molecule has 1 unspecified atom stereocenters. The first-order valence-electron chi connectivity index (χ1n) is 6.47. The summed E-state index contributed by atoms with van der Waals surface area (Å²) in [5.74, 6) is 0.605. The Balaban J connectivity index is 2.09. The molecule has 0 aliphatic carbocycles. The van der Waals surface area contributed by atoms with E-state index < -0.39 is 6.10 Å². The zero-order chi connectivity index (χ0) is 14.0. The quantitative estimate of drug-likeness (QED) is 0.763. The lowest BCUT2D eigenvalue weighted by atomic mass is 10.1. The standard InChI is InChI=1S/C14H21N3O2/c1-9-13(18)17-11-6-10(4-5-12(11)19-9)7-16-14(2,3)8-15/h4-6,9,16H,7-8,15H2,1-3H3,(H,17,18). The lowest BCUT2D eigenvalue weighted by Crippen LogP contribution is -2.45. The van der Waals surface area contributed by atoms with Gasteiger partial charge in [-0.25, -0.2) is 0 Å². The highest BCUT2D eigenvalue weighted by Gasteiger charge is 2.23. The normalized spacial score (nSPS) is 18.5. The van der Waals surface area contributed by atoms with E-state index in [1.807, 2.05) is 18.2 Å². The Morgan fingerprint density at radius 3 is 2.89 bits per heavy atom. The second-order valence-electron chi connectivity index (χ2n) is 5.52. The second-order valence-corrected chi connectivity index (χ2v) is 5.52. The predicted octanol–water partition coefficient (Wildman–Crippen LogP) is 1.23. The van der Waals surface area contributed by atoms with Crippen molar-refractivity contribution in [1.82, 2.24) is 5.32 Å². The summed E-state index contributed by atoms with van der Waals surface area (Å²) in [6.45, 7) is 7.10. The van der Waals surface area contributed by atoms with Crippen LogP contribution in [0, 0.1) is 0 Å². The number of hydrogen-bond donors (Lipinski definition) is 3. The highest BCUT2D eigenvalue weighted by atomic mass is 16.5. The minimum Gasteiger partial charge on any atom is -0.479 e. The summed E-state index contributed by atoms with van der Waals surface area (Å²) in [4.78, 5) is 11.6. The molecule has 0 radical (unpaired) electrons. The number of benzene rings is 1. The van der Waals surface area contributed by atoms with Crippen LogP contribution in [0.3, 0.4) is 0 Å². The molecule has 1 aromatic carbocycles. The molecule has 0 bridgehead atoms. The van der Waals surface area contributed by atoms with Crippen molar-refractivity contribution in [3.63, 3.8) is 0 Å². The minimum absolute atomic E-state index is 0.107. The fourth-order valence-electron chi connectivity index (χ4n) is 1.78. The molecule has 0 spiro atoms. The number of amides is 1. The summed E-state index contributed by atoms with van der Waals surface area (Å²) in [6.07, 6.45) is -0.437. The van der Waals surface area contributed by atoms with Crippen molar-refractivity contribution in [2.75, 3.05) is 11.9 Å². The van der Waals surface area contributed by atoms with E-state index in [2.05, 4.69) is 24.5 Å². The summed E-state index contributed by atoms with van der Waals surface area (Å²) in [5, 5.41) is 6.22. The SMILES string of the molecule is CC1Oc2ccc(CNC(C)(C)CN)cc2NC1=O. The zero-order valence-corrected chi connectivity index (χ0v) is 11.6. The van der Waals surface area contributed by atoms with E-state index >= 15 is 0 Å². The molecule has 0 fully saturated rings. The number of fused-ring (bicyclic) bond motifs is 1. The van der Waals surface area contributed by atoms with Crippen LogP contribution in [-0.4, -0.2) is 24.1 Å². The third-order valence-electron chi connectivity index (χ3n) is 3.26. The van der Waals surface area contributed by atoms with Crippen LogP contribution in [0.1, 0.15) is 26.3 Å². The Morgan fingerprint density at radius 1 is 1.47 bits per heavy atom. The Bertz CT molecular complexity index is 486. The number of ether oxygens (including phenoxy) is 1. The predicted molar refractivity (Wildman–Crippen MR) is 75.1 cm³/mol. The molecule has 1 aliphatic rings. The van der Waals surface area contributed by atoms with Gasteiger partial charge in [0.2, 0.25) is 0 Å². The summed E-state index contributed by atoms with van der Waals surface area (Å²) in [5.41, 5.74) is 7.38. The second kappa shape index (κ2) is 5.19. The number of nitrogens with one attached hydrogen (secondary N) is 2. The maximum atomic E-state index is 11.6. The number of carbonyl (C=O) groups is 1. The lowest BCUT2D eigenvalue weighted by Gasteiger charge is -2.26. The maximum Gasteiger partial charge on any atom is 0.265 e. The molecule has 1 amide bonds. The van der Waals surface area contributed by atoms with E-state index in [0.29, 0.717) is 18.8 Å². The number of hydrogen-bond acceptors (Lipinski definition) is 4. The summed E-state index contributed by atoms with van der Waals surface area (Å²) in [7, 11) is 0. The van der Waals surface area contributed by atoms with Crippen LogP contribution in [0.25, 0.3) is 0 Å². The maximum absolute atomic E-state index is 11.6. The molecule has 5 nitrogen and oxygen atoms in total. The molecule has 0 saturated heterocycles. The van der Waals surface area contributed by atoms with Gasteiger partial charge in [0.05, 0.1) is 5.69 Å². The molecular formula is C14H21N3O2. The van der Waals surface area contributed by atoms with Gasteiger partial charge in [0, 0.05) is 18.6 Å². The van der Waals surface area contributed by atoms with Crippen LogP contribution in [-0.2, 0) is 11.3 Å². The number of carbonyl (C=O) groups excluding carboxylic acids is 1. The summed E-state index contributed by atoms with van der Waals surface area (Å²) >= 11 is 0. The molecule has 0 saturated carbocycles. The van der Waals surface area contributed by atoms with E-state index in [1.54, 1.807) is 6.92 Å². The number of rotatable bonds is 4. The molecular weight excluding hydrogens is 242 g/mol. The van der Waals surface area contributed by atoms with Crippen LogP contribution >= 0.6 is 0 Å². The monoisotopic (exact) mass is 263 g/mol. The molecule has 1 heterocycles. The number of nitrogens with two attached hydrogens (primary N) is 1. The molecule has 104 valence electrons. The molecule has 4 N–H and O–H groups in total. The van der Waals surface area contributed by atoms with E-state index in [4.69, 9.17) is 10.5 Å². The van der Waals surface area contributed by atoms with E-state index in [1.165, 1.54) is 0 Å². The van der Waals surface area contributed by atoms with Crippen molar-refractivity contribution in [1.29, 1.82) is 0 Å². The van der Waals surface area contributed by atoms with Gasteiger partial charge in [0.1, 0.15) is 5.75 Å². The van der Waals surface area contributed by atoms with Gasteiger partial charge in [0.15, 0.2) is 6.10 Å². The van der Waals surface area contributed by atoms with Gasteiger partial charge < -0.3 is 21.1 Å². The van der Waals surface area contributed by atoms with Gasteiger partial charge >= 0.3 is 0 Å². The van der Waals surface area contributed by atoms with Crippen molar-refractivity contribution in [2.45, 2.75) is 39.0 Å². The van der Waals surface area contributed by atoms with Crippen molar-refractivity contribution in [3.05, 3.63) is 23.8 Å². The van der Waals surface area contributed by atoms with Gasteiger partial charge in [-0.3, -0.25) is 4.79 Å². The van der Waals surface area contributed by atoms with Gasteiger partial charge in [0.25, 0.3) is 5.91 Å². The topological polar surface area (TPSA) is 76.4 Å². The molecule has 2 rings (SSSR count). The van der Waals surface area contributed by atoms with Crippen molar-refractivity contribution >= 4 is 11.6 Å². The summed E-state index contributed by atoms with van der Waals surface area (Å²) in [6, 6.07) is 5.80. The molecule has 0 aromatic heterocycles. The average molecular weight is 263 g/mol. The van der Waals surface area contributed by atoms with Crippen LogP contribution in [0.5, 0.6) is 5.75 Å². The van der Waals surface area contributed by atoms with Crippen molar-refractivity contribution in [2.24, 2.45) is 5.73 Å². The first kappa shape index (κ1) is 13.8. The molecule has 1 aliphatic heterocycles. The minimum atomic E-state index is -0.437. The molecule has 19 heavy (non-hydrogen) atoms. The van der Waals surface area contributed by atoms with E-state index in [9.17, 15) is 4.79 Å². The Labute approximate surface area is 113 Å². The third-order valence-corrected chi connectivity index (χ3v) is 3.26.